The number of ether oxygens (including phenoxy) is 2. The largest absolute Gasteiger partial charge is 0.497 e. The highest BCUT2D eigenvalue weighted by Crippen LogP contribution is 2.24. The first-order chi connectivity index (χ1) is 14.0. The normalized spacial score (nSPS) is 11.7. The zero-order chi connectivity index (χ0) is 20.8. The molecule has 0 aliphatic heterocycles. The number of carbonyl (C=O) groups excluding carboxylic acids is 1. The Hall–Kier alpha value is -2.71. The molecule has 1 N–H and O–H groups in total. The summed E-state index contributed by atoms with van der Waals surface area (Å²) in [5.74, 6) is 1.90. The topological polar surface area (TPSA) is 78.3 Å². The molecule has 0 fully saturated rings. The van der Waals surface area contributed by atoms with Crippen molar-refractivity contribution in [1.82, 2.24) is 14.8 Å². The quantitative estimate of drug-likeness (QED) is 0.538. The molecular weight excluding hydrogens is 412 g/mol. The van der Waals surface area contributed by atoms with Crippen LogP contribution in [-0.4, -0.2) is 33.0 Å². The van der Waals surface area contributed by atoms with Crippen molar-refractivity contribution >= 4 is 35.0 Å². The van der Waals surface area contributed by atoms with E-state index in [4.69, 9.17) is 21.1 Å². The van der Waals surface area contributed by atoms with Gasteiger partial charge in [-0.3, -0.25) is 4.79 Å². The zero-order valence-corrected chi connectivity index (χ0v) is 17.8. The minimum atomic E-state index is -0.367. The van der Waals surface area contributed by atoms with Crippen molar-refractivity contribution in [3.05, 3.63) is 59.4 Å². The molecule has 1 amide bonds. The highest BCUT2D eigenvalue weighted by atomic mass is 35.5. The lowest BCUT2D eigenvalue weighted by molar-refractivity contribution is -0.115. The number of methoxy groups -OCH3 is 1. The van der Waals surface area contributed by atoms with Crippen molar-refractivity contribution < 1.29 is 14.3 Å². The number of hydrogen-bond donors (Lipinski definition) is 1. The second-order valence-electron chi connectivity index (χ2n) is 6.18. The third kappa shape index (κ3) is 5.65. The van der Waals surface area contributed by atoms with Crippen LogP contribution in [0.15, 0.2) is 53.7 Å². The predicted octanol–water partition coefficient (Wildman–Crippen LogP) is 4.18. The van der Waals surface area contributed by atoms with E-state index in [-0.39, 0.29) is 17.8 Å². The molecule has 29 heavy (non-hydrogen) atoms. The highest BCUT2D eigenvalue weighted by molar-refractivity contribution is 8.00. The van der Waals surface area contributed by atoms with Gasteiger partial charge in [-0.05, 0) is 43.3 Å². The van der Waals surface area contributed by atoms with Crippen molar-refractivity contribution in [2.45, 2.75) is 23.9 Å². The first kappa shape index (κ1) is 21.0. The summed E-state index contributed by atoms with van der Waals surface area (Å²) in [6.07, 6.45) is 0. The Balaban J connectivity index is 1.58. The Labute approximate surface area is 178 Å². The SMILES string of the molecule is COc1cccc(NC(=O)C(C)Sc2nnc(COc3ccc(Cl)cc3)n2C)c1. The number of anilines is 1. The van der Waals surface area contributed by atoms with Gasteiger partial charge >= 0.3 is 0 Å². The van der Waals surface area contributed by atoms with Gasteiger partial charge in [-0.25, -0.2) is 0 Å². The lowest BCUT2D eigenvalue weighted by Gasteiger charge is -2.12. The van der Waals surface area contributed by atoms with Gasteiger partial charge in [-0.2, -0.15) is 0 Å². The zero-order valence-electron chi connectivity index (χ0n) is 16.3. The van der Waals surface area contributed by atoms with Crippen molar-refractivity contribution in [2.24, 2.45) is 7.05 Å². The number of carbonyl (C=O) groups is 1. The first-order valence-corrected chi connectivity index (χ1v) is 10.1. The molecule has 1 atom stereocenters. The maximum Gasteiger partial charge on any atom is 0.237 e. The predicted molar refractivity (Wildman–Crippen MR) is 114 cm³/mol. The molecule has 9 heteroatoms. The molecule has 3 rings (SSSR count). The van der Waals surface area contributed by atoms with E-state index in [1.807, 2.05) is 36.7 Å². The average molecular weight is 433 g/mol. The lowest BCUT2D eigenvalue weighted by Crippen LogP contribution is -2.22. The van der Waals surface area contributed by atoms with Gasteiger partial charge in [-0.1, -0.05) is 29.4 Å². The van der Waals surface area contributed by atoms with E-state index in [0.717, 1.165) is 0 Å². The summed E-state index contributed by atoms with van der Waals surface area (Å²) in [6, 6.07) is 14.3. The van der Waals surface area contributed by atoms with E-state index < -0.39 is 0 Å². The summed E-state index contributed by atoms with van der Waals surface area (Å²) in [5.41, 5.74) is 0.678. The standard InChI is InChI=1S/C20H21ClN4O3S/c1-13(19(26)22-15-5-4-6-17(11-15)27-3)29-20-24-23-18(25(20)2)12-28-16-9-7-14(21)8-10-16/h4-11,13H,12H2,1-3H3,(H,22,26). The molecule has 1 unspecified atom stereocenters. The van der Waals surface area contributed by atoms with Crippen LogP contribution in [0.1, 0.15) is 12.7 Å². The number of thioether (sulfide) groups is 1. The van der Waals surface area contributed by atoms with E-state index in [1.54, 1.807) is 37.4 Å². The Kier molecular flexibility index (Phi) is 7.00. The Morgan fingerprint density at radius 3 is 2.69 bits per heavy atom. The number of hydrogen-bond acceptors (Lipinski definition) is 6. The highest BCUT2D eigenvalue weighted by Gasteiger charge is 2.19. The number of rotatable bonds is 8. The molecule has 1 aromatic heterocycles. The van der Waals surface area contributed by atoms with Crippen LogP contribution in [0, 0.1) is 0 Å². The molecule has 2 aromatic carbocycles. The van der Waals surface area contributed by atoms with Crippen LogP contribution in [0.4, 0.5) is 5.69 Å². The third-order valence-corrected chi connectivity index (χ3v) is 5.48. The van der Waals surface area contributed by atoms with Crippen LogP contribution >= 0.6 is 23.4 Å². The molecule has 7 nitrogen and oxygen atoms in total. The summed E-state index contributed by atoms with van der Waals surface area (Å²) < 4.78 is 12.7. The van der Waals surface area contributed by atoms with Crippen molar-refractivity contribution in [2.75, 3.05) is 12.4 Å². The van der Waals surface area contributed by atoms with Crippen molar-refractivity contribution in [3.8, 4) is 11.5 Å². The monoisotopic (exact) mass is 432 g/mol. The fourth-order valence-electron chi connectivity index (χ4n) is 2.41. The maximum absolute atomic E-state index is 12.5. The molecule has 1 heterocycles. The fraction of sp³-hybridized carbons (Fsp3) is 0.250. The number of aromatic nitrogens is 3. The van der Waals surface area contributed by atoms with E-state index in [2.05, 4.69) is 15.5 Å². The molecule has 0 spiro atoms. The number of nitrogens with zero attached hydrogens (tertiary/aromatic N) is 3. The molecule has 0 aliphatic carbocycles. The molecule has 0 radical (unpaired) electrons. The third-order valence-electron chi connectivity index (χ3n) is 4.10. The molecule has 0 bridgehead atoms. The van der Waals surface area contributed by atoms with Crippen LogP contribution in [-0.2, 0) is 18.4 Å². The van der Waals surface area contributed by atoms with Gasteiger partial charge in [0.1, 0.15) is 18.1 Å². The summed E-state index contributed by atoms with van der Waals surface area (Å²) in [5, 5.41) is 12.1. The van der Waals surface area contributed by atoms with Crippen LogP contribution in [0.25, 0.3) is 0 Å². The van der Waals surface area contributed by atoms with Gasteiger partial charge in [0.05, 0.1) is 12.4 Å². The lowest BCUT2D eigenvalue weighted by atomic mass is 10.3. The molecule has 0 saturated heterocycles. The number of nitrogens with one attached hydrogen (secondary N) is 1. The van der Waals surface area contributed by atoms with Gasteiger partial charge in [0, 0.05) is 23.8 Å². The second-order valence-corrected chi connectivity index (χ2v) is 7.93. The summed E-state index contributed by atoms with van der Waals surface area (Å²) in [4.78, 5) is 12.5. The summed E-state index contributed by atoms with van der Waals surface area (Å²) in [7, 11) is 3.43. The van der Waals surface area contributed by atoms with Crippen molar-refractivity contribution in [1.29, 1.82) is 0 Å². The summed E-state index contributed by atoms with van der Waals surface area (Å²) in [6.45, 7) is 2.08. The minimum Gasteiger partial charge on any atom is -0.497 e. The van der Waals surface area contributed by atoms with Gasteiger partial charge in [0.25, 0.3) is 0 Å². The van der Waals surface area contributed by atoms with Crippen LogP contribution < -0.4 is 14.8 Å². The van der Waals surface area contributed by atoms with Gasteiger partial charge < -0.3 is 19.4 Å². The molecule has 152 valence electrons. The molecular formula is C20H21ClN4O3S. The van der Waals surface area contributed by atoms with E-state index >= 15 is 0 Å². The van der Waals surface area contributed by atoms with Gasteiger partial charge in [0.2, 0.25) is 5.91 Å². The Morgan fingerprint density at radius 2 is 1.97 bits per heavy atom. The smallest absolute Gasteiger partial charge is 0.237 e. The van der Waals surface area contributed by atoms with Crippen molar-refractivity contribution in [3.63, 3.8) is 0 Å². The average Bonchev–Trinajstić information content (AvgIpc) is 3.07. The van der Waals surface area contributed by atoms with E-state index in [9.17, 15) is 4.79 Å². The van der Waals surface area contributed by atoms with Crippen LogP contribution in [0.3, 0.4) is 0 Å². The number of benzene rings is 2. The molecule has 0 aliphatic rings. The second kappa shape index (κ2) is 9.67. The minimum absolute atomic E-state index is 0.134. The Morgan fingerprint density at radius 1 is 1.21 bits per heavy atom. The first-order valence-electron chi connectivity index (χ1n) is 8.84. The van der Waals surface area contributed by atoms with Gasteiger partial charge in [-0.15, -0.1) is 10.2 Å². The Bertz CT molecular complexity index is 978. The summed E-state index contributed by atoms with van der Waals surface area (Å²) >= 11 is 7.20. The molecule has 3 aromatic rings. The maximum atomic E-state index is 12.5. The van der Waals surface area contributed by atoms with E-state index in [0.29, 0.717) is 33.2 Å². The van der Waals surface area contributed by atoms with Crippen LogP contribution in [0.5, 0.6) is 11.5 Å². The number of halogens is 1. The van der Waals surface area contributed by atoms with Gasteiger partial charge in [0.15, 0.2) is 11.0 Å². The van der Waals surface area contributed by atoms with E-state index in [1.165, 1.54) is 11.8 Å². The van der Waals surface area contributed by atoms with Crippen LogP contribution in [0.2, 0.25) is 5.02 Å². The fourth-order valence-corrected chi connectivity index (χ4v) is 3.37. The molecule has 0 saturated carbocycles. The number of amides is 1.